The van der Waals surface area contributed by atoms with Gasteiger partial charge in [-0.1, -0.05) is 31.2 Å². The maximum absolute atomic E-state index is 10.5. The van der Waals surface area contributed by atoms with Crippen molar-refractivity contribution in [2.45, 2.75) is 19.8 Å². The summed E-state index contributed by atoms with van der Waals surface area (Å²) in [5.74, 6) is 0.467. The summed E-state index contributed by atoms with van der Waals surface area (Å²) in [5.41, 5.74) is 2.50. The van der Waals surface area contributed by atoms with E-state index in [1.807, 2.05) is 18.2 Å². The van der Waals surface area contributed by atoms with Crippen LogP contribution >= 0.6 is 0 Å². The largest absolute Gasteiger partial charge is 0.296 e. The van der Waals surface area contributed by atoms with Crippen molar-refractivity contribution in [1.29, 1.82) is 0 Å². The fourth-order valence-corrected chi connectivity index (χ4v) is 1.48. The summed E-state index contributed by atoms with van der Waals surface area (Å²) in [6.45, 7) is 4.27. The predicted molar refractivity (Wildman–Crippen MR) is 60.8 cm³/mol. The fourth-order valence-electron chi connectivity index (χ4n) is 1.48. The Balaban J connectivity index is 2.39. The Kier molecular flexibility index (Phi) is 2.81. The Morgan fingerprint density at radius 2 is 2.19 bits per heavy atom. The topological polar surface area (TPSA) is 47.8 Å². The SMILES string of the molecule is CC(C)c1cccc(-n2cc(C=O)nn2)c1. The van der Waals surface area contributed by atoms with Crippen molar-refractivity contribution < 1.29 is 4.79 Å². The van der Waals surface area contributed by atoms with E-state index in [1.54, 1.807) is 10.9 Å². The summed E-state index contributed by atoms with van der Waals surface area (Å²) in [6, 6.07) is 8.04. The molecule has 0 radical (unpaired) electrons. The minimum atomic E-state index is 0.343. The van der Waals surface area contributed by atoms with E-state index in [4.69, 9.17) is 0 Å². The molecule has 0 unspecified atom stereocenters. The van der Waals surface area contributed by atoms with Gasteiger partial charge < -0.3 is 0 Å². The molecule has 16 heavy (non-hydrogen) atoms. The van der Waals surface area contributed by atoms with E-state index in [1.165, 1.54) is 5.56 Å². The summed E-state index contributed by atoms with van der Waals surface area (Å²) < 4.78 is 1.61. The second-order valence-corrected chi connectivity index (χ2v) is 3.96. The molecule has 2 rings (SSSR count). The molecular weight excluding hydrogens is 202 g/mol. The minimum absolute atomic E-state index is 0.343. The van der Waals surface area contributed by atoms with Crippen LogP contribution in [-0.4, -0.2) is 21.3 Å². The first kappa shape index (κ1) is 10.5. The van der Waals surface area contributed by atoms with E-state index in [2.05, 4.69) is 30.2 Å². The van der Waals surface area contributed by atoms with Crippen molar-refractivity contribution in [3.63, 3.8) is 0 Å². The molecule has 2 aromatic rings. The molecule has 0 bridgehead atoms. The first-order chi connectivity index (χ1) is 7.70. The van der Waals surface area contributed by atoms with Crippen LogP contribution in [0.1, 0.15) is 35.8 Å². The van der Waals surface area contributed by atoms with Crippen LogP contribution in [0.25, 0.3) is 5.69 Å². The molecule has 4 heteroatoms. The van der Waals surface area contributed by atoms with Gasteiger partial charge in [-0.15, -0.1) is 5.10 Å². The highest BCUT2D eigenvalue weighted by molar-refractivity contribution is 5.70. The van der Waals surface area contributed by atoms with Gasteiger partial charge in [-0.2, -0.15) is 0 Å². The molecule has 0 saturated heterocycles. The number of hydrogen-bond donors (Lipinski definition) is 0. The number of carbonyl (C=O) groups excluding carboxylic acids is 1. The minimum Gasteiger partial charge on any atom is -0.296 e. The molecule has 1 aromatic heterocycles. The van der Waals surface area contributed by atoms with Crippen molar-refractivity contribution >= 4 is 6.29 Å². The van der Waals surface area contributed by atoms with Gasteiger partial charge in [0, 0.05) is 0 Å². The first-order valence-electron chi connectivity index (χ1n) is 5.18. The molecule has 0 atom stereocenters. The number of aldehydes is 1. The summed E-state index contributed by atoms with van der Waals surface area (Å²) in [4.78, 5) is 10.5. The molecule has 0 spiro atoms. The van der Waals surface area contributed by atoms with E-state index in [0.29, 0.717) is 17.9 Å². The van der Waals surface area contributed by atoms with Gasteiger partial charge in [0.25, 0.3) is 0 Å². The normalized spacial score (nSPS) is 10.7. The monoisotopic (exact) mass is 215 g/mol. The van der Waals surface area contributed by atoms with E-state index in [9.17, 15) is 4.79 Å². The quantitative estimate of drug-likeness (QED) is 0.737. The molecule has 1 aromatic carbocycles. The van der Waals surface area contributed by atoms with Gasteiger partial charge in [-0.05, 0) is 23.6 Å². The maximum Gasteiger partial charge on any atom is 0.171 e. The van der Waals surface area contributed by atoms with Crippen LogP contribution in [0.2, 0.25) is 0 Å². The molecule has 0 aliphatic carbocycles. The third kappa shape index (κ3) is 2.00. The summed E-state index contributed by atoms with van der Waals surface area (Å²) in [7, 11) is 0. The number of rotatable bonds is 3. The number of carbonyl (C=O) groups is 1. The Bertz CT molecular complexity index is 502. The Hall–Kier alpha value is -1.97. The van der Waals surface area contributed by atoms with Gasteiger partial charge >= 0.3 is 0 Å². The molecular formula is C12H13N3O. The highest BCUT2D eigenvalue weighted by Gasteiger charge is 2.04. The number of benzene rings is 1. The van der Waals surface area contributed by atoms with Crippen molar-refractivity contribution in [1.82, 2.24) is 15.0 Å². The van der Waals surface area contributed by atoms with Gasteiger partial charge in [0.05, 0.1) is 11.9 Å². The van der Waals surface area contributed by atoms with Crippen LogP contribution in [-0.2, 0) is 0 Å². The highest BCUT2D eigenvalue weighted by Crippen LogP contribution is 2.17. The first-order valence-corrected chi connectivity index (χ1v) is 5.18. The molecule has 1 heterocycles. The molecule has 0 N–H and O–H groups in total. The molecule has 0 aliphatic rings. The zero-order valence-corrected chi connectivity index (χ0v) is 9.29. The standard InChI is InChI=1S/C12H13N3O/c1-9(2)10-4-3-5-12(6-10)15-7-11(8-16)13-14-15/h3-9H,1-2H3. The molecule has 0 fully saturated rings. The van der Waals surface area contributed by atoms with Crippen LogP contribution in [0.3, 0.4) is 0 Å². The second kappa shape index (κ2) is 4.26. The van der Waals surface area contributed by atoms with E-state index in [-0.39, 0.29) is 0 Å². The predicted octanol–water partition coefficient (Wildman–Crippen LogP) is 2.20. The molecule has 0 amide bonds. The number of hydrogen-bond acceptors (Lipinski definition) is 3. The van der Waals surface area contributed by atoms with E-state index in [0.717, 1.165) is 5.69 Å². The zero-order valence-electron chi connectivity index (χ0n) is 9.29. The van der Waals surface area contributed by atoms with Crippen molar-refractivity contribution in [2.75, 3.05) is 0 Å². The van der Waals surface area contributed by atoms with Crippen molar-refractivity contribution in [3.05, 3.63) is 41.7 Å². The molecule has 0 aliphatic heterocycles. The van der Waals surface area contributed by atoms with Gasteiger partial charge in [-0.25, -0.2) is 4.68 Å². The van der Waals surface area contributed by atoms with E-state index < -0.39 is 0 Å². The lowest BCUT2D eigenvalue weighted by Crippen LogP contribution is -1.97. The lowest BCUT2D eigenvalue weighted by molar-refractivity contribution is 0.111. The average Bonchev–Trinajstić information content (AvgIpc) is 2.77. The lowest BCUT2D eigenvalue weighted by Gasteiger charge is -2.07. The third-order valence-corrected chi connectivity index (χ3v) is 2.43. The summed E-state index contributed by atoms with van der Waals surface area (Å²) in [6.07, 6.45) is 2.31. The average molecular weight is 215 g/mol. The number of nitrogens with zero attached hydrogens (tertiary/aromatic N) is 3. The van der Waals surface area contributed by atoms with Crippen LogP contribution < -0.4 is 0 Å². The van der Waals surface area contributed by atoms with Gasteiger partial charge in [0.15, 0.2) is 6.29 Å². The van der Waals surface area contributed by atoms with Crippen LogP contribution in [0.5, 0.6) is 0 Å². The summed E-state index contributed by atoms with van der Waals surface area (Å²) in [5, 5.41) is 7.62. The van der Waals surface area contributed by atoms with Crippen molar-refractivity contribution in [2.24, 2.45) is 0 Å². The lowest BCUT2D eigenvalue weighted by atomic mass is 10.0. The van der Waals surface area contributed by atoms with Gasteiger partial charge in [0.1, 0.15) is 5.69 Å². The fraction of sp³-hybridized carbons (Fsp3) is 0.250. The van der Waals surface area contributed by atoms with Crippen LogP contribution in [0.15, 0.2) is 30.5 Å². The Morgan fingerprint density at radius 1 is 1.38 bits per heavy atom. The van der Waals surface area contributed by atoms with Gasteiger partial charge in [-0.3, -0.25) is 4.79 Å². The van der Waals surface area contributed by atoms with Crippen LogP contribution in [0.4, 0.5) is 0 Å². The van der Waals surface area contributed by atoms with Gasteiger partial charge in [0.2, 0.25) is 0 Å². The van der Waals surface area contributed by atoms with Crippen LogP contribution in [0, 0.1) is 0 Å². The number of aromatic nitrogens is 3. The molecule has 82 valence electrons. The molecule has 0 saturated carbocycles. The zero-order chi connectivity index (χ0) is 11.5. The summed E-state index contributed by atoms with van der Waals surface area (Å²) >= 11 is 0. The molecule has 4 nitrogen and oxygen atoms in total. The highest BCUT2D eigenvalue weighted by atomic mass is 16.1. The maximum atomic E-state index is 10.5. The van der Waals surface area contributed by atoms with Crippen molar-refractivity contribution in [3.8, 4) is 5.69 Å². The second-order valence-electron chi connectivity index (χ2n) is 3.96. The van der Waals surface area contributed by atoms with E-state index >= 15 is 0 Å². The third-order valence-electron chi connectivity index (χ3n) is 2.43. The Morgan fingerprint density at radius 3 is 2.81 bits per heavy atom. The Labute approximate surface area is 93.9 Å². The smallest absolute Gasteiger partial charge is 0.171 e.